The maximum Gasteiger partial charge on any atom is 0.258 e. The number of piperidine rings is 1. The highest BCUT2D eigenvalue weighted by atomic mass is 16.5. The van der Waals surface area contributed by atoms with E-state index < -0.39 is 11.5 Å². The number of rotatable bonds is 6. The van der Waals surface area contributed by atoms with Gasteiger partial charge in [0.1, 0.15) is 11.9 Å². The highest BCUT2D eigenvalue weighted by Gasteiger charge is 2.41. The minimum Gasteiger partial charge on any atom is -0.381 e. The van der Waals surface area contributed by atoms with Crippen LogP contribution in [0.1, 0.15) is 56.3 Å². The van der Waals surface area contributed by atoms with Crippen molar-refractivity contribution in [3.63, 3.8) is 0 Å². The van der Waals surface area contributed by atoms with E-state index in [1.807, 2.05) is 53.4 Å². The van der Waals surface area contributed by atoms with Gasteiger partial charge in [-0.25, -0.2) is 4.98 Å². The van der Waals surface area contributed by atoms with Crippen LogP contribution in [-0.2, 0) is 32.0 Å². The second-order valence-corrected chi connectivity index (χ2v) is 12.9. The Balaban J connectivity index is 1.13. The van der Waals surface area contributed by atoms with Crippen molar-refractivity contribution in [2.24, 2.45) is 11.3 Å². The average Bonchev–Trinajstić information content (AvgIpc) is 3.07. The van der Waals surface area contributed by atoms with Crippen molar-refractivity contribution < 1.29 is 19.1 Å². The van der Waals surface area contributed by atoms with Crippen LogP contribution in [-0.4, -0.2) is 71.0 Å². The monoisotopic (exact) mass is 625 g/mol. The van der Waals surface area contributed by atoms with Gasteiger partial charge in [0, 0.05) is 57.5 Å². The third kappa shape index (κ3) is 7.39. The molecule has 0 aliphatic carbocycles. The number of aryl methyl sites for hydroxylation is 1. The Hall–Kier alpha value is -4.31. The van der Waals surface area contributed by atoms with Crippen LogP contribution in [0.15, 0.2) is 71.5 Å². The van der Waals surface area contributed by atoms with E-state index in [1.54, 1.807) is 6.07 Å². The van der Waals surface area contributed by atoms with Crippen LogP contribution in [0.25, 0.3) is 10.9 Å². The van der Waals surface area contributed by atoms with E-state index in [9.17, 15) is 19.2 Å². The number of aromatic nitrogens is 2. The molecular weight excluding hydrogens is 582 g/mol. The largest absolute Gasteiger partial charge is 0.381 e. The fraction of sp³-hybridized carbons (Fsp3) is 0.472. The van der Waals surface area contributed by atoms with E-state index in [0.29, 0.717) is 101 Å². The van der Waals surface area contributed by atoms with Gasteiger partial charge < -0.3 is 25.3 Å². The number of amides is 3. The predicted molar refractivity (Wildman–Crippen MR) is 175 cm³/mol. The smallest absolute Gasteiger partial charge is 0.258 e. The zero-order valence-electron chi connectivity index (χ0n) is 26.2. The van der Waals surface area contributed by atoms with Crippen LogP contribution in [0.2, 0.25) is 0 Å². The summed E-state index contributed by atoms with van der Waals surface area (Å²) >= 11 is 0. The molecule has 3 aromatic rings. The van der Waals surface area contributed by atoms with Gasteiger partial charge in [0.25, 0.3) is 5.56 Å². The maximum atomic E-state index is 13.8. The molecule has 2 aromatic carbocycles. The summed E-state index contributed by atoms with van der Waals surface area (Å²) in [4.78, 5) is 62.7. The van der Waals surface area contributed by atoms with Gasteiger partial charge in [-0.1, -0.05) is 54.6 Å². The first-order chi connectivity index (χ1) is 22.4. The molecule has 0 bridgehead atoms. The first kappa shape index (κ1) is 31.7. The lowest BCUT2D eigenvalue weighted by Gasteiger charge is -2.40. The third-order valence-corrected chi connectivity index (χ3v) is 9.83. The normalized spacial score (nSPS) is 24.3. The second kappa shape index (κ2) is 14.4. The Kier molecular flexibility index (Phi) is 9.92. The highest BCUT2D eigenvalue weighted by molar-refractivity contribution is 5.90. The number of likely N-dealkylation sites (tertiary alicyclic amines) is 1. The zero-order chi connectivity index (χ0) is 31.9. The van der Waals surface area contributed by atoms with Gasteiger partial charge in [0.05, 0.1) is 16.3 Å². The summed E-state index contributed by atoms with van der Waals surface area (Å²) in [6.07, 6.45) is 9.22. The number of hydrogen-bond donors (Lipinski definition) is 3. The molecule has 2 fully saturated rings. The van der Waals surface area contributed by atoms with Crippen molar-refractivity contribution in [1.82, 2.24) is 25.5 Å². The lowest BCUT2D eigenvalue weighted by Crippen LogP contribution is -2.58. The first-order valence-corrected chi connectivity index (χ1v) is 16.5. The maximum absolute atomic E-state index is 13.8. The van der Waals surface area contributed by atoms with Crippen molar-refractivity contribution in [2.45, 2.75) is 69.9 Å². The number of carbonyl (C=O) groups is 3. The average molecular weight is 626 g/mol. The standard InChI is InChI=1S/C36H43N5O5/c42-32(15-8-14-31-37-29-13-5-4-12-27(29)33(43)40-31)41-20-16-28-26(24-41)11-6-7-17-36(18-21-46-22-19-36)35(45)39-30(34(44)38-28)23-25-9-2-1-3-10-25/h1-7,9-10,12-13,26,28,30H,8,11,14-24H2,(H,38,44)(H,39,45)(H,37,40,43)/b7-6+/t26-,28+,30-/m0/s1. The van der Waals surface area contributed by atoms with Gasteiger partial charge in [-0.2, -0.15) is 0 Å². The summed E-state index contributed by atoms with van der Waals surface area (Å²) in [6.45, 7) is 2.14. The summed E-state index contributed by atoms with van der Waals surface area (Å²) in [6, 6.07) is 16.2. The van der Waals surface area contributed by atoms with Gasteiger partial charge in [0.15, 0.2) is 0 Å². The van der Waals surface area contributed by atoms with Gasteiger partial charge in [-0.15, -0.1) is 0 Å². The molecule has 1 aromatic heterocycles. The minimum atomic E-state index is -0.700. The fourth-order valence-electron chi connectivity index (χ4n) is 7.03. The molecule has 3 aliphatic heterocycles. The van der Waals surface area contributed by atoms with Gasteiger partial charge in [-0.05, 0) is 56.2 Å². The Morgan fingerprint density at radius 2 is 1.76 bits per heavy atom. The molecule has 10 nitrogen and oxygen atoms in total. The Labute approximate surface area is 269 Å². The molecular formula is C36H43N5O5. The number of nitrogens with zero attached hydrogens (tertiary/aromatic N) is 2. The third-order valence-electron chi connectivity index (χ3n) is 9.83. The lowest BCUT2D eigenvalue weighted by atomic mass is 9.75. The number of fused-ring (bicyclic) bond motifs is 2. The minimum absolute atomic E-state index is 0.0505. The topological polar surface area (TPSA) is 133 Å². The molecule has 4 heterocycles. The van der Waals surface area contributed by atoms with Crippen molar-refractivity contribution in [2.75, 3.05) is 26.3 Å². The van der Waals surface area contributed by atoms with E-state index in [-0.39, 0.29) is 35.2 Å². The van der Waals surface area contributed by atoms with Crippen LogP contribution in [0.4, 0.5) is 0 Å². The summed E-state index contributed by atoms with van der Waals surface area (Å²) in [5.41, 5.74) is 0.859. The van der Waals surface area contributed by atoms with Gasteiger partial charge in [-0.3, -0.25) is 19.2 Å². The molecule has 3 N–H and O–H groups in total. The Morgan fingerprint density at radius 1 is 0.978 bits per heavy atom. The van der Waals surface area contributed by atoms with Crippen LogP contribution in [0.3, 0.4) is 0 Å². The van der Waals surface area contributed by atoms with Crippen LogP contribution in [0, 0.1) is 11.3 Å². The molecule has 3 aliphatic rings. The molecule has 3 amide bonds. The number of benzene rings is 2. The van der Waals surface area contributed by atoms with E-state index in [4.69, 9.17) is 4.74 Å². The van der Waals surface area contributed by atoms with Crippen molar-refractivity contribution >= 4 is 28.6 Å². The van der Waals surface area contributed by atoms with Crippen molar-refractivity contribution in [3.8, 4) is 0 Å². The Bertz CT molecular complexity index is 1630. The Morgan fingerprint density at radius 3 is 2.59 bits per heavy atom. The number of aromatic amines is 1. The number of para-hydroxylation sites is 1. The molecule has 3 atom stereocenters. The molecule has 0 saturated carbocycles. The number of ether oxygens (including phenoxy) is 1. The number of hydrogen-bond acceptors (Lipinski definition) is 6. The number of carbonyl (C=O) groups excluding carboxylic acids is 3. The quantitative estimate of drug-likeness (QED) is 0.360. The van der Waals surface area contributed by atoms with E-state index in [2.05, 4.69) is 32.8 Å². The summed E-state index contributed by atoms with van der Waals surface area (Å²) < 4.78 is 5.60. The molecule has 6 rings (SSSR count). The summed E-state index contributed by atoms with van der Waals surface area (Å²) in [5, 5.41) is 6.96. The van der Waals surface area contributed by atoms with Gasteiger partial charge >= 0.3 is 0 Å². The van der Waals surface area contributed by atoms with Crippen LogP contribution in [0.5, 0.6) is 0 Å². The summed E-state index contributed by atoms with van der Waals surface area (Å²) in [7, 11) is 0. The van der Waals surface area contributed by atoms with Crippen LogP contribution >= 0.6 is 0 Å². The van der Waals surface area contributed by atoms with E-state index >= 15 is 0 Å². The van der Waals surface area contributed by atoms with Crippen LogP contribution < -0.4 is 16.2 Å². The molecule has 0 unspecified atom stereocenters. The molecule has 0 radical (unpaired) electrons. The van der Waals surface area contributed by atoms with E-state index in [1.165, 1.54) is 0 Å². The molecule has 242 valence electrons. The zero-order valence-corrected chi connectivity index (χ0v) is 26.2. The highest BCUT2D eigenvalue weighted by Crippen LogP contribution is 2.36. The lowest BCUT2D eigenvalue weighted by molar-refractivity contribution is -0.140. The van der Waals surface area contributed by atoms with Crippen molar-refractivity contribution in [1.29, 1.82) is 0 Å². The van der Waals surface area contributed by atoms with Crippen molar-refractivity contribution in [3.05, 3.63) is 88.5 Å². The number of allylic oxidation sites excluding steroid dienone is 2. The fourth-order valence-corrected chi connectivity index (χ4v) is 7.03. The number of nitrogens with one attached hydrogen (secondary N) is 3. The molecule has 46 heavy (non-hydrogen) atoms. The molecule has 10 heteroatoms. The molecule has 2 saturated heterocycles. The van der Waals surface area contributed by atoms with E-state index in [0.717, 1.165) is 5.56 Å². The molecule has 1 spiro atoms. The summed E-state index contributed by atoms with van der Waals surface area (Å²) in [5.74, 6) is 0.433. The number of H-pyrrole nitrogens is 1. The SMILES string of the molecule is O=C1N[C@@H]2CCN(C(=O)CCCc3nc4ccccc4c(=O)[nH]3)C[C@@H]2C/C=C/CC2(CCOCC2)C(=O)N[C@H]1Cc1ccccc1. The first-order valence-electron chi connectivity index (χ1n) is 16.5. The second-order valence-electron chi connectivity index (χ2n) is 12.9. The van der Waals surface area contributed by atoms with Gasteiger partial charge in [0.2, 0.25) is 17.7 Å². The predicted octanol–water partition coefficient (Wildman–Crippen LogP) is 3.45.